The minimum Gasteiger partial charge on any atom is -0.492 e. The Labute approximate surface area is 156 Å². The van der Waals surface area contributed by atoms with Gasteiger partial charge in [0.2, 0.25) is 0 Å². The van der Waals surface area contributed by atoms with Gasteiger partial charge in [-0.15, -0.1) is 0 Å². The first-order valence-corrected chi connectivity index (χ1v) is 9.36. The third kappa shape index (κ3) is 7.59. The number of hydrogen-bond donors (Lipinski definition) is 2. The van der Waals surface area contributed by atoms with E-state index in [1.54, 1.807) is 7.05 Å². The summed E-state index contributed by atoms with van der Waals surface area (Å²) >= 11 is 0. The monoisotopic (exact) mass is 364 g/mol. The lowest BCUT2D eigenvalue weighted by Crippen LogP contribution is -2.39. The summed E-state index contributed by atoms with van der Waals surface area (Å²) < 4.78 is 16.7. The Balaban J connectivity index is 1.76. The largest absolute Gasteiger partial charge is 0.492 e. The van der Waals surface area contributed by atoms with Gasteiger partial charge >= 0.3 is 0 Å². The molecule has 0 amide bonds. The summed E-state index contributed by atoms with van der Waals surface area (Å²) in [5.74, 6) is 1.67. The van der Waals surface area contributed by atoms with Gasteiger partial charge in [0.05, 0.1) is 19.8 Å². The fraction of sp³-hybridized carbons (Fsp3) is 0.632. The van der Waals surface area contributed by atoms with Crippen LogP contribution in [-0.4, -0.2) is 77.1 Å². The Hall–Kier alpha value is -1.83. The Morgan fingerprint density at radius 2 is 2.00 bits per heavy atom. The van der Waals surface area contributed by atoms with Crippen molar-refractivity contribution in [1.82, 2.24) is 15.5 Å². The molecule has 0 aliphatic carbocycles. The number of hydrogen-bond acceptors (Lipinski definition) is 5. The molecule has 2 N–H and O–H groups in total. The van der Waals surface area contributed by atoms with Gasteiger partial charge in [-0.25, -0.2) is 0 Å². The van der Waals surface area contributed by atoms with Crippen LogP contribution in [0.2, 0.25) is 0 Å². The lowest BCUT2D eigenvalue weighted by Gasteiger charge is -2.26. The molecule has 0 spiro atoms. The molecule has 0 atom stereocenters. The number of para-hydroxylation sites is 1. The Morgan fingerprint density at radius 1 is 1.19 bits per heavy atom. The molecular weight excluding hydrogens is 332 g/mol. The van der Waals surface area contributed by atoms with E-state index in [0.29, 0.717) is 19.8 Å². The summed E-state index contributed by atoms with van der Waals surface area (Å²) in [7, 11) is 1.76. The number of ether oxygens (including phenoxy) is 3. The van der Waals surface area contributed by atoms with Gasteiger partial charge in [0.25, 0.3) is 0 Å². The summed E-state index contributed by atoms with van der Waals surface area (Å²) in [6, 6.07) is 8.12. The highest BCUT2D eigenvalue weighted by Crippen LogP contribution is 2.17. The van der Waals surface area contributed by atoms with Crippen molar-refractivity contribution in [3.8, 4) is 5.75 Å². The quantitative estimate of drug-likeness (QED) is 0.368. The van der Waals surface area contributed by atoms with Crippen LogP contribution >= 0.6 is 0 Å². The number of nitrogens with zero attached hydrogens (tertiary/aromatic N) is 2. The molecule has 7 heteroatoms. The Kier molecular flexibility index (Phi) is 9.86. The first-order chi connectivity index (χ1) is 12.8. The lowest BCUT2D eigenvalue weighted by molar-refractivity contribution is 0.0322. The average molecular weight is 364 g/mol. The summed E-state index contributed by atoms with van der Waals surface area (Å²) in [4.78, 5) is 6.60. The smallest absolute Gasteiger partial charge is 0.191 e. The van der Waals surface area contributed by atoms with Crippen molar-refractivity contribution in [2.24, 2.45) is 4.99 Å². The molecule has 146 valence electrons. The predicted octanol–water partition coefficient (Wildman–Crippen LogP) is 1.10. The molecule has 7 nitrogen and oxygen atoms in total. The second-order valence-electron chi connectivity index (χ2n) is 5.96. The van der Waals surface area contributed by atoms with Crippen molar-refractivity contribution < 1.29 is 14.2 Å². The third-order valence-electron chi connectivity index (χ3n) is 4.15. The zero-order chi connectivity index (χ0) is 18.5. The Bertz CT molecular complexity index is 533. The van der Waals surface area contributed by atoms with E-state index in [1.165, 1.54) is 0 Å². The molecule has 1 aliphatic heterocycles. The molecule has 0 radical (unpaired) electrons. The van der Waals surface area contributed by atoms with Gasteiger partial charge in [-0.05, 0) is 13.0 Å². The molecule has 0 aromatic heterocycles. The van der Waals surface area contributed by atoms with E-state index in [9.17, 15) is 0 Å². The van der Waals surface area contributed by atoms with Crippen molar-refractivity contribution in [2.45, 2.75) is 13.5 Å². The SMILES string of the molecule is CCOCCNC(=NC)NCc1ccccc1OCCN1CCOCC1. The zero-order valence-corrected chi connectivity index (χ0v) is 16.0. The van der Waals surface area contributed by atoms with E-state index < -0.39 is 0 Å². The number of guanidine groups is 1. The highest BCUT2D eigenvalue weighted by Gasteiger charge is 2.10. The van der Waals surface area contributed by atoms with Crippen LogP contribution in [0.25, 0.3) is 0 Å². The van der Waals surface area contributed by atoms with Crippen LogP contribution in [0.5, 0.6) is 5.75 Å². The summed E-state index contributed by atoms with van der Waals surface area (Å²) in [6.07, 6.45) is 0. The van der Waals surface area contributed by atoms with Crippen LogP contribution in [-0.2, 0) is 16.0 Å². The molecule has 0 unspecified atom stereocenters. The van der Waals surface area contributed by atoms with E-state index >= 15 is 0 Å². The summed E-state index contributed by atoms with van der Waals surface area (Å²) in [6.45, 7) is 9.96. The maximum atomic E-state index is 6.02. The molecule has 1 aromatic rings. The van der Waals surface area contributed by atoms with Gasteiger partial charge in [-0.1, -0.05) is 18.2 Å². The highest BCUT2D eigenvalue weighted by molar-refractivity contribution is 5.79. The fourth-order valence-corrected chi connectivity index (χ4v) is 2.69. The molecule has 2 rings (SSSR count). The minimum absolute atomic E-state index is 0.655. The zero-order valence-electron chi connectivity index (χ0n) is 16.0. The van der Waals surface area contributed by atoms with Crippen molar-refractivity contribution >= 4 is 5.96 Å². The first kappa shape index (κ1) is 20.5. The van der Waals surface area contributed by atoms with Gasteiger partial charge in [0.15, 0.2) is 5.96 Å². The van der Waals surface area contributed by atoms with Crippen molar-refractivity contribution in [3.05, 3.63) is 29.8 Å². The molecule has 1 aliphatic rings. The van der Waals surface area contributed by atoms with E-state index in [2.05, 4.69) is 26.6 Å². The van der Waals surface area contributed by atoms with Gasteiger partial charge < -0.3 is 24.8 Å². The molecule has 0 saturated carbocycles. The highest BCUT2D eigenvalue weighted by atomic mass is 16.5. The number of rotatable bonds is 10. The van der Waals surface area contributed by atoms with E-state index in [1.807, 2.05) is 25.1 Å². The summed E-state index contributed by atoms with van der Waals surface area (Å²) in [5, 5.41) is 6.55. The molecule has 1 aromatic carbocycles. The number of aliphatic imine (C=N–C) groups is 1. The second-order valence-corrected chi connectivity index (χ2v) is 5.96. The van der Waals surface area contributed by atoms with Crippen molar-refractivity contribution in [2.75, 3.05) is 66.3 Å². The van der Waals surface area contributed by atoms with Gasteiger partial charge in [0, 0.05) is 51.9 Å². The van der Waals surface area contributed by atoms with Gasteiger partial charge in [-0.3, -0.25) is 9.89 Å². The van der Waals surface area contributed by atoms with Gasteiger partial charge in [0.1, 0.15) is 12.4 Å². The van der Waals surface area contributed by atoms with Crippen LogP contribution in [0.3, 0.4) is 0 Å². The predicted molar refractivity (Wildman–Crippen MR) is 104 cm³/mol. The molecule has 1 heterocycles. The standard InChI is InChI=1S/C19H32N4O3/c1-3-24-12-8-21-19(20-2)22-16-17-6-4-5-7-18(17)26-15-11-23-9-13-25-14-10-23/h4-7H,3,8-16H2,1-2H3,(H2,20,21,22). The third-order valence-corrected chi connectivity index (χ3v) is 4.15. The van der Waals surface area contributed by atoms with Crippen molar-refractivity contribution in [3.63, 3.8) is 0 Å². The normalized spacial score (nSPS) is 15.7. The van der Waals surface area contributed by atoms with E-state index in [4.69, 9.17) is 14.2 Å². The van der Waals surface area contributed by atoms with Crippen molar-refractivity contribution in [1.29, 1.82) is 0 Å². The maximum Gasteiger partial charge on any atom is 0.191 e. The van der Waals surface area contributed by atoms with E-state index in [0.717, 1.165) is 63.3 Å². The van der Waals surface area contributed by atoms with Crippen LogP contribution < -0.4 is 15.4 Å². The second kappa shape index (κ2) is 12.5. The van der Waals surface area contributed by atoms with Crippen LogP contribution in [0.15, 0.2) is 29.3 Å². The average Bonchev–Trinajstić information content (AvgIpc) is 2.69. The summed E-state index contributed by atoms with van der Waals surface area (Å²) in [5.41, 5.74) is 1.11. The minimum atomic E-state index is 0.655. The van der Waals surface area contributed by atoms with Crippen LogP contribution in [0.4, 0.5) is 0 Å². The number of morpholine rings is 1. The van der Waals surface area contributed by atoms with E-state index in [-0.39, 0.29) is 0 Å². The first-order valence-electron chi connectivity index (χ1n) is 9.36. The van der Waals surface area contributed by atoms with Crippen LogP contribution in [0.1, 0.15) is 12.5 Å². The Morgan fingerprint density at radius 3 is 2.77 bits per heavy atom. The van der Waals surface area contributed by atoms with Crippen LogP contribution in [0, 0.1) is 0 Å². The van der Waals surface area contributed by atoms with Gasteiger partial charge in [-0.2, -0.15) is 0 Å². The molecule has 26 heavy (non-hydrogen) atoms. The molecule has 1 saturated heterocycles. The topological polar surface area (TPSA) is 67.3 Å². The number of benzene rings is 1. The molecular formula is C19H32N4O3. The lowest BCUT2D eigenvalue weighted by atomic mass is 10.2. The maximum absolute atomic E-state index is 6.02. The fourth-order valence-electron chi connectivity index (χ4n) is 2.69. The number of nitrogens with one attached hydrogen (secondary N) is 2. The molecule has 0 bridgehead atoms. The molecule has 1 fully saturated rings.